The number of fused-ring (bicyclic) bond motifs is 1. The Morgan fingerprint density at radius 2 is 2.12 bits per heavy atom. The summed E-state index contributed by atoms with van der Waals surface area (Å²) in [4.78, 5) is 4.48. The first-order valence-electron chi connectivity index (χ1n) is 5.76. The third kappa shape index (κ3) is 3.05. The van der Waals surface area contributed by atoms with E-state index in [2.05, 4.69) is 46.4 Å². The van der Waals surface area contributed by atoms with E-state index in [0.29, 0.717) is 0 Å². The van der Waals surface area contributed by atoms with Gasteiger partial charge in [0.1, 0.15) is 0 Å². The molecule has 0 spiro atoms. The summed E-state index contributed by atoms with van der Waals surface area (Å²) in [7, 11) is 0. The molecule has 0 atom stereocenters. The molecule has 0 unspecified atom stereocenters. The molecular weight excluding hydrogens is 208 g/mol. The molecule has 17 heavy (non-hydrogen) atoms. The molecule has 0 amide bonds. The second kappa shape index (κ2) is 5.47. The fraction of sp³-hybridized carbons (Fsp3) is 0.267. The highest BCUT2D eigenvalue weighted by atomic mass is 14.8. The van der Waals surface area contributed by atoms with Crippen molar-refractivity contribution >= 4 is 10.9 Å². The fourth-order valence-corrected chi connectivity index (χ4v) is 1.74. The molecule has 1 heterocycles. The first-order chi connectivity index (χ1) is 8.29. The van der Waals surface area contributed by atoms with Crippen LogP contribution in [0.3, 0.4) is 0 Å². The molecule has 2 rings (SSSR count). The van der Waals surface area contributed by atoms with Crippen LogP contribution >= 0.6 is 0 Å². The van der Waals surface area contributed by atoms with E-state index in [4.69, 9.17) is 0 Å². The summed E-state index contributed by atoms with van der Waals surface area (Å²) >= 11 is 0. The van der Waals surface area contributed by atoms with Crippen LogP contribution in [0, 0.1) is 18.8 Å². The van der Waals surface area contributed by atoms with Gasteiger partial charge >= 0.3 is 0 Å². The van der Waals surface area contributed by atoms with Crippen molar-refractivity contribution in [3.05, 3.63) is 41.6 Å². The number of nitrogens with zero attached hydrogens (tertiary/aromatic N) is 1. The number of hydrogen-bond donors (Lipinski definition) is 1. The van der Waals surface area contributed by atoms with Crippen LogP contribution in [0.1, 0.15) is 18.2 Å². The zero-order valence-corrected chi connectivity index (χ0v) is 10.2. The maximum Gasteiger partial charge on any atom is 0.0705 e. The van der Waals surface area contributed by atoms with Crippen molar-refractivity contribution in [1.29, 1.82) is 0 Å². The average molecular weight is 224 g/mol. The Balaban J connectivity index is 2.13. The van der Waals surface area contributed by atoms with E-state index < -0.39 is 0 Å². The highest BCUT2D eigenvalue weighted by Gasteiger charge is 1.97. The lowest BCUT2D eigenvalue weighted by Crippen LogP contribution is -2.12. The molecule has 1 aromatic carbocycles. The van der Waals surface area contributed by atoms with Crippen LogP contribution in [0.4, 0.5) is 0 Å². The van der Waals surface area contributed by atoms with Crippen molar-refractivity contribution < 1.29 is 0 Å². The first kappa shape index (κ1) is 11.6. The summed E-state index contributed by atoms with van der Waals surface area (Å²) in [5.41, 5.74) is 3.38. The summed E-state index contributed by atoms with van der Waals surface area (Å²) in [5, 5.41) is 4.48. The lowest BCUT2D eigenvalue weighted by atomic mass is 10.1. The minimum absolute atomic E-state index is 0.737. The number of hydrogen-bond acceptors (Lipinski definition) is 2. The van der Waals surface area contributed by atoms with Gasteiger partial charge in [-0.3, -0.25) is 4.98 Å². The molecule has 2 aromatic rings. The van der Waals surface area contributed by atoms with Crippen molar-refractivity contribution in [2.45, 2.75) is 20.4 Å². The number of aryl methyl sites for hydroxylation is 1. The predicted molar refractivity (Wildman–Crippen MR) is 71.6 cm³/mol. The first-order valence-corrected chi connectivity index (χ1v) is 5.76. The Hall–Kier alpha value is -1.85. The van der Waals surface area contributed by atoms with Gasteiger partial charge in [0, 0.05) is 17.6 Å². The van der Waals surface area contributed by atoms with E-state index >= 15 is 0 Å². The molecule has 1 aromatic heterocycles. The Bertz CT molecular complexity index is 576. The fourth-order valence-electron chi connectivity index (χ4n) is 1.74. The molecule has 0 aliphatic rings. The van der Waals surface area contributed by atoms with Gasteiger partial charge in [-0.2, -0.15) is 0 Å². The summed E-state index contributed by atoms with van der Waals surface area (Å²) in [6, 6.07) is 10.5. The molecule has 0 aliphatic heterocycles. The number of pyridine rings is 1. The maximum atomic E-state index is 4.48. The maximum absolute atomic E-state index is 4.48. The van der Waals surface area contributed by atoms with Crippen molar-refractivity contribution in [3.63, 3.8) is 0 Å². The zero-order chi connectivity index (χ0) is 12.1. The van der Waals surface area contributed by atoms with Gasteiger partial charge in [-0.25, -0.2) is 0 Å². The van der Waals surface area contributed by atoms with Crippen LogP contribution in [-0.2, 0) is 6.54 Å². The van der Waals surface area contributed by atoms with Gasteiger partial charge in [-0.05, 0) is 37.6 Å². The number of rotatable bonds is 3. The molecule has 86 valence electrons. The Labute approximate surface area is 102 Å². The van der Waals surface area contributed by atoms with Crippen molar-refractivity contribution in [1.82, 2.24) is 10.3 Å². The van der Waals surface area contributed by atoms with Gasteiger partial charge in [-0.1, -0.05) is 18.1 Å². The van der Waals surface area contributed by atoms with Crippen molar-refractivity contribution in [2.24, 2.45) is 0 Å². The zero-order valence-electron chi connectivity index (χ0n) is 10.2. The summed E-state index contributed by atoms with van der Waals surface area (Å²) < 4.78 is 0. The van der Waals surface area contributed by atoms with Crippen molar-refractivity contribution in [3.8, 4) is 11.8 Å². The topological polar surface area (TPSA) is 24.9 Å². The van der Waals surface area contributed by atoms with E-state index in [1.165, 1.54) is 10.9 Å². The molecule has 0 bridgehead atoms. The van der Waals surface area contributed by atoms with Crippen LogP contribution in [0.5, 0.6) is 0 Å². The number of benzene rings is 1. The highest BCUT2D eigenvalue weighted by molar-refractivity contribution is 5.79. The normalized spacial score (nSPS) is 10.0. The van der Waals surface area contributed by atoms with Gasteiger partial charge in [0.05, 0.1) is 12.1 Å². The van der Waals surface area contributed by atoms with Crippen LogP contribution in [0.15, 0.2) is 30.3 Å². The van der Waals surface area contributed by atoms with E-state index in [9.17, 15) is 0 Å². The predicted octanol–water partition coefficient (Wildman–Crippen LogP) is 2.66. The van der Waals surface area contributed by atoms with Crippen LogP contribution in [0.25, 0.3) is 10.9 Å². The Morgan fingerprint density at radius 3 is 2.94 bits per heavy atom. The Morgan fingerprint density at radius 1 is 1.24 bits per heavy atom. The smallest absolute Gasteiger partial charge is 0.0705 e. The van der Waals surface area contributed by atoms with Crippen molar-refractivity contribution in [2.75, 3.05) is 6.54 Å². The van der Waals surface area contributed by atoms with Crippen LogP contribution in [0.2, 0.25) is 0 Å². The van der Waals surface area contributed by atoms with E-state index in [1.807, 2.05) is 19.9 Å². The van der Waals surface area contributed by atoms with Gasteiger partial charge in [-0.15, -0.1) is 5.92 Å². The lowest BCUT2D eigenvalue weighted by Gasteiger charge is -2.04. The highest BCUT2D eigenvalue weighted by Crippen LogP contribution is 2.14. The summed E-state index contributed by atoms with van der Waals surface area (Å²) in [6.45, 7) is 5.45. The summed E-state index contributed by atoms with van der Waals surface area (Å²) in [6.07, 6.45) is 0. The van der Waals surface area contributed by atoms with Gasteiger partial charge in [0.15, 0.2) is 0 Å². The average Bonchev–Trinajstić information content (AvgIpc) is 2.35. The lowest BCUT2D eigenvalue weighted by molar-refractivity contribution is 0.771. The molecule has 0 radical (unpaired) electrons. The van der Waals surface area contributed by atoms with Gasteiger partial charge < -0.3 is 5.32 Å². The largest absolute Gasteiger partial charge is 0.302 e. The van der Waals surface area contributed by atoms with E-state index in [0.717, 1.165) is 24.3 Å². The number of aromatic nitrogens is 1. The van der Waals surface area contributed by atoms with Gasteiger partial charge in [0.2, 0.25) is 0 Å². The standard InChI is InChI=1S/C15H16N2/c1-3-4-9-16-11-13-6-8-15-14(10-13)7-5-12(2)17-15/h5-8,10,16H,9,11H2,1-2H3. The molecule has 0 aliphatic carbocycles. The quantitative estimate of drug-likeness (QED) is 0.640. The minimum Gasteiger partial charge on any atom is -0.302 e. The van der Waals surface area contributed by atoms with Gasteiger partial charge in [0.25, 0.3) is 0 Å². The second-order valence-electron chi connectivity index (χ2n) is 4.01. The van der Waals surface area contributed by atoms with E-state index in [-0.39, 0.29) is 0 Å². The molecule has 2 heteroatoms. The molecule has 0 fully saturated rings. The molecule has 1 N–H and O–H groups in total. The van der Waals surface area contributed by atoms with E-state index in [1.54, 1.807) is 0 Å². The molecular formula is C15H16N2. The monoisotopic (exact) mass is 224 g/mol. The Kier molecular flexibility index (Phi) is 3.74. The molecule has 0 saturated heterocycles. The third-order valence-electron chi connectivity index (χ3n) is 2.61. The minimum atomic E-state index is 0.737. The van der Waals surface area contributed by atoms with Crippen LogP contribution in [-0.4, -0.2) is 11.5 Å². The second-order valence-corrected chi connectivity index (χ2v) is 4.01. The SMILES string of the molecule is CC#CCNCc1ccc2nc(C)ccc2c1. The molecule has 0 saturated carbocycles. The number of nitrogens with one attached hydrogen (secondary N) is 1. The third-order valence-corrected chi connectivity index (χ3v) is 2.61. The summed E-state index contributed by atoms with van der Waals surface area (Å²) in [5.74, 6) is 5.86. The molecule has 2 nitrogen and oxygen atoms in total. The van der Waals surface area contributed by atoms with Crippen LogP contribution < -0.4 is 5.32 Å².